The van der Waals surface area contributed by atoms with E-state index in [0.717, 1.165) is 18.1 Å². The van der Waals surface area contributed by atoms with Gasteiger partial charge >= 0.3 is 5.78 Å². The fraction of sp³-hybridized carbons (Fsp3) is 0.318. The van der Waals surface area contributed by atoms with E-state index in [1.807, 2.05) is 12.1 Å². The Labute approximate surface area is 158 Å². The number of fused-ring (bicyclic) bond motifs is 3. The van der Waals surface area contributed by atoms with Gasteiger partial charge in [0.1, 0.15) is 41.8 Å². The second-order valence-electron chi connectivity index (χ2n) is 7.44. The fourth-order valence-electron chi connectivity index (χ4n) is 4.33. The van der Waals surface area contributed by atoms with Crippen molar-refractivity contribution in [1.29, 1.82) is 0 Å². The van der Waals surface area contributed by atoms with Crippen LogP contribution in [0.4, 0.5) is 0 Å². The number of aromatic amines is 1. The first-order valence-corrected chi connectivity index (χ1v) is 9.83. The molecule has 1 fully saturated rings. The molecule has 2 aromatic carbocycles. The lowest BCUT2D eigenvalue weighted by Crippen LogP contribution is -3.10. The van der Waals surface area contributed by atoms with Gasteiger partial charge in [0, 0.05) is 18.4 Å². The summed E-state index contributed by atoms with van der Waals surface area (Å²) in [6, 6.07) is 16.9. The Morgan fingerprint density at radius 3 is 2.63 bits per heavy atom. The van der Waals surface area contributed by atoms with Gasteiger partial charge in [0.05, 0.1) is 20.2 Å². The van der Waals surface area contributed by atoms with Crippen LogP contribution in [0, 0.1) is 0 Å². The molecule has 5 rings (SSSR count). The number of para-hydroxylation sites is 2. The highest BCUT2D eigenvalue weighted by atomic mass is 16.5. The Morgan fingerprint density at radius 1 is 1.07 bits per heavy atom. The molecule has 5 heteroatoms. The van der Waals surface area contributed by atoms with Crippen LogP contribution in [0.1, 0.15) is 12.8 Å². The third-order valence-electron chi connectivity index (χ3n) is 5.82. The zero-order valence-corrected chi connectivity index (χ0v) is 15.7. The van der Waals surface area contributed by atoms with Gasteiger partial charge in [0.2, 0.25) is 0 Å². The Hall–Kier alpha value is -2.79. The van der Waals surface area contributed by atoms with Gasteiger partial charge in [-0.15, -0.1) is 0 Å². The first kappa shape index (κ1) is 16.4. The molecule has 0 atom stereocenters. The van der Waals surface area contributed by atoms with Gasteiger partial charge in [0.25, 0.3) is 0 Å². The summed E-state index contributed by atoms with van der Waals surface area (Å²) in [4.78, 5) is 5.35. The summed E-state index contributed by atoms with van der Waals surface area (Å²) in [5.41, 5.74) is 4.85. The number of ether oxygens (including phenoxy) is 1. The van der Waals surface area contributed by atoms with Crippen LogP contribution in [-0.4, -0.2) is 36.3 Å². The number of nitrogens with one attached hydrogen (secondary N) is 2. The quantitative estimate of drug-likeness (QED) is 0.524. The molecule has 0 bridgehead atoms. The molecule has 3 heterocycles. The normalized spacial score (nSPS) is 15.1. The molecule has 1 aliphatic rings. The van der Waals surface area contributed by atoms with Crippen molar-refractivity contribution in [2.24, 2.45) is 0 Å². The molecule has 0 spiro atoms. The van der Waals surface area contributed by atoms with Crippen LogP contribution in [0.25, 0.3) is 28.1 Å². The van der Waals surface area contributed by atoms with Gasteiger partial charge < -0.3 is 9.64 Å². The predicted octanol–water partition coefficient (Wildman–Crippen LogP) is 2.06. The summed E-state index contributed by atoms with van der Waals surface area (Å²) < 4.78 is 10.1. The summed E-state index contributed by atoms with van der Waals surface area (Å²) in [6.07, 6.45) is 4.99. The third-order valence-corrected chi connectivity index (χ3v) is 5.82. The van der Waals surface area contributed by atoms with E-state index >= 15 is 0 Å². The minimum Gasteiger partial charge on any atom is -0.497 e. The lowest BCUT2D eigenvalue weighted by Gasteiger charge is -2.11. The van der Waals surface area contributed by atoms with E-state index in [9.17, 15) is 0 Å². The Balaban J connectivity index is 1.61. The smallest absolute Gasteiger partial charge is 0.368 e. The lowest BCUT2D eigenvalue weighted by molar-refractivity contribution is -0.888. The van der Waals surface area contributed by atoms with Crippen molar-refractivity contribution in [3.05, 3.63) is 54.7 Å². The van der Waals surface area contributed by atoms with E-state index in [1.165, 1.54) is 54.8 Å². The number of quaternary nitrogens is 1. The highest BCUT2D eigenvalue weighted by molar-refractivity contribution is 5.74. The van der Waals surface area contributed by atoms with Crippen molar-refractivity contribution >= 4 is 16.8 Å². The number of hydrogen-bond donors (Lipinski definition) is 2. The minimum atomic E-state index is 0.891. The number of methoxy groups -OCH3 is 1. The summed E-state index contributed by atoms with van der Waals surface area (Å²) >= 11 is 0. The van der Waals surface area contributed by atoms with Gasteiger partial charge in [0.15, 0.2) is 0 Å². The number of nitrogens with zero attached hydrogens (tertiary/aromatic N) is 2. The second-order valence-corrected chi connectivity index (χ2v) is 7.44. The van der Waals surface area contributed by atoms with Crippen molar-refractivity contribution in [3.8, 4) is 17.0 Å². The number of rotatable bonds is 5. The van der Waals surface area contributed by atoms with Gasteiger partial charge in [-0.3, -0.25) is 0 Å². The van der Waals surface area contributed by atoms with Crippen LogP contribution in [0.5, 0.6) is 5.75 Å². The summed E-state index contributed by atoms with van der Waals surface area (Å²) in [7, 11) is 1.71. The first-order valence-electron chi connectivity index (χ1n) is 9.83. The van der Waals surface area contributed by atoms with Crippen LogP contribution in [0.2, 0.25) is 0 Å². The van der Waals surface area contributed by atoms with Gasteiger partial charge in [-0.2, -0.15) is 4.40 Å². The van der Waals surface area contributed by atoms with Crippen LogP contribution in [0.15, 0.2) is 54.7 Å². The van der Waals surface area contributed by atoms with Crippen molar-refractivity contribution in [2.75, 3.05) is 26.7 Å². The van der Waals surface area contributed by atoms with E-state index in [2.05, 4.69) is 56.5 Å². The molecule has 4 aromatic rings. The SMILES string of the molecule is COc1ccc(-c2c[n+]3c4ccccc4[nH]c3n2CC[NH+]2CCCC2)cc1. The fourth-order valence-corrected chi connectivity index (χ4v) is 4.33. The largest absolute Gasteiger partial charge is 0.497 e. The second kappa shape index (κ2) is 6.74. The molecule has 27 heavy (non-hydrogen) atoms. The zero-order chi connectivity index (χ0) is 18.2. The Bertz CT molecular complexity index is 1070. The molecule has 1 saturated heterocycles. The summed E-state index contributed by atoms with van der Waals surface area (Å²) in [5, 5.41) is 0. The molecule has 1 aliphatic heterocycles. The maximum Gasteiger partial charge on any atom is 0.368 e. The molecule has 0 amide bonds. The van der Waals surface area contributed by atoms with Gasteiger partial charge in [-0.25, -0.2) is 9.55 Å². The zero-order valence-electron chi connectivity index (χ0n) is 15.7. The van der Waals surface area contributed by atoms with Crippen LogP contribution < -0.4 is 14.0 Å². The molecule has 138 valence electrons. The topological polar surface area (TPSA) is 38.5 Å². The van der Waals surface area contributed by atoms with E-state index in [4.69, 9.17) is 4.74 Å². The number of imidazole rings is 2. The van der Waals surface area contributed by atoms with Crippen molar-refractivity contribution in [1.82, 2.24) is 9.55 Å². The Kier molecular flexibility index (Phi) is 4.09. The van der Waals surface area contributed by atoms with Crippen molar-refractivity contribution in [3.63, 3.8) is 0 Å². The first-order chi connectivity index (χ1) is 13.3. The molecular weight excluding hydrogens is 336 g/mol. The van der Waals surface area contributed by atoms with Crippen molar-refractivity contribution in [2.45, 2.75) is 19.4 Å². The Morgan fingerprint density at radius 2 is 1.85 bits per heavy atom. The summed E-state index contributed by atoms with van der Waals surface area (Å²) in [5.74, 6) is 2.04. The molecule has 2 N–H and O–H groups in total. The van der Waals surface area contributed by atoms with E-state index in [0.29, 0.717) is 0 Å². The molecular formula is C22H26N4O+2. The average molecular weight is 362 g/mol. The number of aromatic nitrogens is 3. The molecule has 0 radical (unpaired) electrons. The maximum atomic E-state index is 5.33. The molecule has 0 aliphatic carbocycles. The molecule has 0 saturated carbocycles. The molecule has 2 aromatic heterocycles. The van der Waals surface area contributed by atoms with Gasteiger partial charge in [-0.1, -0.05) is 12.1 Å². The maximum absolute atomic E-state index is 5.33. The third kappa shape index (κ3) is 2.88. The summed E-state index contributed by atoms with van der Waals surface area (Å²) in [6.45, 7) is 4.80. The number of likely N-dealkylation sites (tertiary alicyclic amines) is 1. The van der Waals surface area contributed by atoms with Gasteiger partial charge in [-0.05, 0) is 36.4 Å². The standard InChI is InChI=1S/C22H24N4O/c1-27-18-10-8-17(9-11-18)21-16-26-20-7-3-2-6-19(20)23-22(26)25(21)15-14-24-12-4-5-13-24/h2-3,6-11,16H,4-5,12-15H2,1H3/p+2. The number of benzene rings is 2. The lowest BCUT2D eigenvalue weighted by atomic mass is 10.1. The van der Waals surface area contributed by atoms with Crippen LogP contribution in [-0.2, 0) is 6.54 Å². The minimum absolute atomic E-state index is 0.891. The van der Waals surface area contributed by atoms with E-state index < -0.39 is 0 Å². The number of H-pyrrole nitrogens is 1. The molecule has 5 nitrogen and oxygen atoms in total. The van der Waals surface area contributed by atoms with Crippen LogP contribution in [0.3, 0.4) is 0 Å². The molecule has 0 unspecified atom stereocenters. The highest BCUT2D eigenvalue weighted by Crippen LogP contribution is 2.24. The van der Waals surface area contributed by atoms with Crippen LogP contribution >= 0.6 is 0 Å². The average Bonchev–Trinajstić information content (AvgIpc) is 3.42. The van der Waals surface area contributed by atoms with E-state index in [-0.39, 0.29) is 0 Å². The number of hydrogen-bond acceptors (Lipinski definition) is 1. The predicted molar refractivity (Wildman–Crippen MR) is 106 cm³/mol. The van der Waals surface area contributed by atoms with Crippen molar-refractivity contribution < 1.29 is 14.0 Å². The van der Waals surface area contributed by atoms with E-state index in [1.54, 1.807) is 12.0 Å². The monoisotopic (exact) mass is 362 g/mol. The highest BCUT2D eigenvalue weighted by Gasteiger charge is 2.24.